The highest BCUT2D eigenvalue weighted by atomic mass is 32.2. The molecule has 0 spiro atoms. The van der Waals surface area contributed by atoms with E-state index in [1.54, 1.807) is 36.4 Å². The van der Waals surface area contributed by atoms with E-state index in [1.807, 2.05) is 72.4 Å². The number of carbonyl (C=O) groups excluding carboxylic acids is 1. The molecule has 0 bridgehead atoms. The minimum absolute atomic E-state index is 0.0606. The number of methoxy groups -OCH3 is 1. The molecule has 0 aliphatic heterocycles. The minimum Gasteiger partial charge on any atom is -0.497 e. The Morgan fingerprint density at radius 2 is 2.00 bits per heavy atom. The van der Waals surface area contributed by atoms with E-state index in [2.05, 4.69) is 20.0 Å². The molecule has 6 rings (SSSR count). The lowest BCUT2D eigenvalue weighted by molar-refractivity contribution is -0.120. The van der Waals surface area contributed by atoms with Crippen LogP contribution in [0.1, 0.15) is 25.7 Å². The van der Waals surface area contributed by atoms with E-state index < -0.39 is 0 Å². The molecule has 3 aromatic heterocycles. The van der Waals surface area contributed by atoms with Crippen molar-refractivity contribution in [3.8, 4) is 28.4 Å². The average molecular weight is 571 g/mol. The number of imidazole rings is 1. The van der Waals surface area contributed by atoms with Crippen molar-refractivity contribution < 1.29 is 9.53 Å². The highest BCUT2D eigenvalue weighted by molar-refractivity contribution is 7.98. The number of amides is 1. The summed E-state index contributed by atoms with van der Waals surface area (Å²) in [7, 11) is 1.66. The smallest absolute Gasteiger partial charge is 0.227 e. The van der Waals surface area contributed by atoms with Gasteiger partial charge in [-0.2, -0.15) is 0 Å². The summed E-state index contributed by atoms with van der Waals surface area (Å²) in [6.45, 7) is 0. The zero-order valence-corrected chi connectivity index (χ0v) is 24.0. The van der Waals surface area contributed by atoms with Crippen molar-refractivity contribution in [2.75, 3.05) is 24.0 Å². The number of anilines is 2. The van der Waals surface area contributed by atoms with E-state index in [0.29, 0.717) is 5.95 Å². The molecule has 2 atom stereocenters. The molecule has 1 aliphatic rings. The Balaban J connectivity index is 1.21. The van der Waals surface area contributed by atoms with Crippen molar-refractivity contribution >= 4 is 45.6 Å². The van der Waals surface area contributed by atoms with Gasteiger partial charge in [-0.25, -0.2) is 15.0 Å². The number of carbonyl (C=O) groups is 1. The molecule has 0 radical (unpaired) electrons. The fourth-order valence-corrected chi connectivity index (χ4v) is 6.34. The molecular weight excluding hydrogens is 541 g/mol. The van der Waals surface area contributed by atoms with E-state index in [-0.39, 0.29) is 17.9 Å². The zero-order chi connectivity index (χ0) is 27.5. The first kappa shape index (κ1) is 26.3. The Morgan fingerprint density at radius 1 is 1.12 bits per heavy atom. The van der Waals surface area contributed by atoms with Gasteiger partial charge in [0.1, 0.15) is 11.4 Å². The SMILES string of the molecule is COc1cccc(-c2nc3sccn3c2-c2ccnc(N[C@@H]3CCCC(C(=O)Nc4ccc(SC)cc4)C3)n2)c1. The number of thioether (sulfide) groups is 1. The Hall–Kier alpha value is -3.89. The summed E-state index contributed by atoms with van der Waals surface area (Å²) in [5.41, 5.74) is 4.32. The van der Waals surface area contributed by atoms with E-state index in [1.165, 1.54) is 4.90 Å². The van der Waals surface area contributed by atoms with Gasteiger partial charge in [0.25, 0.3) is 0 Å². The quantitative estimate of drug-likeness (QED) is 0.197. The summed E-state index contributed by atoms with van der Waals surface area (Å²) < 4.78 is 7.52. The first-order valence-corrected chi connectivity index (χ1v) is 15.4. The predicted octanol–water partition coefficient (Wildman–Crippen LogP) is 6.86. The van der Waals surface area contributed by atoms with Crippen LogP contribution in [-0.4, -0.2) is 44.7 Å². The van der Waals surface area contributed by atoms with Gasteiger partial charge in [0.2, 0.25) is 11.9 Å². The number of aromatic nitrogens is 4. The van der Waals surface area contributed by atoms with Crippen molar-refractivity contribution in [1.82, 2.24) is 19.4 Å². The monoisotopic (exact) mass is 570 g/mol. The van der Waals surface area contributed by atoms with Crippen LogP contribution in [0, 0.1) is 5.92 Å². The standard InChI is InChI=1S/C30H30N6O2S2/c1-38-23-8-4-5-19(18-23)26-27(36-15-16-40-30(36)35-26)25-13-14-31-29(34-25)33-22-7-3-6-20(17-22)28(37)32-21-9-11-24(39-2)12-10-21/h4-5,8-16,18,20,22H,3,6-7,17H2,1-2H3,(H,32,37)(H,31,33,34)/t20?,22-/m1/s1. The molecule has 40 heavy (non-hydrogen) atoms. The van der Waals surface area contributed by atoms with Crippen LogP contribution in [0.15, 0.2) is 77.3 Å². The number of fused-ring (bicyclic) bond motifs is 1. The van der Waals surface area contributed by atoms with Gasteiger partial charge in [0, 0.05) is 45.9 Å². The Labute approximate surface area is 241 Å². The number of nitrogens with zero attached hydrogens (tertiary/aromatic N) is 4. The van der Waals surface area contributed by atoms with Gasteiger partial charge >= 0.3 is 0 Å². The maximum atomic E-state index is 13.1. The third kappa shape index (κ3) is 5.55. The summed E-state index contributed by atoms with van der Waals surface area (Å²) in [6.07, 6.45) is 9.38. The van der Waals surface area contributed by atoms with E-state index >= 15 is 0 Å². The lowest BCUT2D eigenvalue weighted by Gasteiger charge is -2.29. The molecule has 1 unspecified atom stereocenters. The van der Waals surface area contributed by atoms with Gasteiger partial charge in [0.15, 0.2) is 4.96 Å². The van der Waals surface area contributed by atoms with Crippen LogP contribution >= 0.6 is 23.1 Å². The van der Waals surface area contributed by atoms with Gasteiger partial charge in [-0.1, -0.05) is 18.6 Å². The van der Waals surface area contributed by atoms with Crippen molar-refractivity contribution in [1.29, 1.82) is 0 Å². The van der Waals surface area contributed by atoms with Gasteiger partial charge in [-0.15, -0.1) is 23.1 Å². The van der Waals surface area contributed by atoms with E-state index in [0.717, 1.165) is 64.7 Å². The van der Waals surface area contributed by atoms with Crippen LogP contribution in [0.2, 0.25) is 0 Å². The summed E-state index contributed by atoms with van der Waals surface area (Å²) in [5.74, 6) is 1.34. The Kier molecular flexibility index (Phi) is 7.70. The van der Waals surface area contributed by atoms with Crippen molar-refractivity contribution in [2.45, 2.75) is 36.6 Å². The number of benzene rings is 2. The van der Waals surface area contributed by atoms with Crippen LogP contribution < -0.4 is 15.4 Å². The highest BCUT2D eigenvalue weighted by Crippen LogP contribution is 2.35. The Bertz CT molecular complexity index is 1630. The van der Waals surface area contributed by atoms with Crippen LogP contribution in [0.5, 0.6) is 5.75 Å². The summed E-state index contributed by atoms with van der Waals surface area (Å²) >= 11 is 3.27. The third-order valence-corrected chi connectivity index (χ3v) is 8.74. The molecule has 2 N–H and O–H groups in total. The maximum absolute atomic E-state index is 13.1. The fraction of sp³-hybridized carbons (Fsp3) is 0.267. The summed E-state index contributed by atoms with van der Waals surface area (Å²) in [5, 5.41) is 8.63. The molecule has 0 saturated heterocycles. The van der Waals surface area contributed by atoms with Gasteiger partial charge < -0.3 is 15.4 Å². The molecule has 10 heteroatoms. The molecule has 2 aromatic carbocycles. The number of rotatable bonds is 8. The second-order valence-electron chi connectivity index (χ2n) is 9.78. The first-order valence-electron chi connectivity index (χ1n) is 13.3. The Morgan fingerprint density at radius 3 is 2.83 bits per heavy atom. The molecule has 3 heterocycles. The molecule has 5 aromatic rings. The third-order valence-electron chi connectivity index (χ3n) is 7.24. The van der Waals surface area contributed by atoms with Crippen molar-refractivity contribution in [3.63, 3.8) is 0 Å². The fourth-order valence-electron chi connectivity index (χ4n) is 5.22. The van der Waals surface area contributed by atoms with Gasteiger partial charge in [0.05, 0.1) is 18.5 Å². The van der Waals surface area contributed by atoms with Crippen LogP contribution in [-0.2, 0) is 4.79 Å². The molecular formula is C30H30N6O2S2. The van der Waals surface area contributed by atoms with Crippen molar-refractivity contribution in [2.24, 2.45) is 5.92 Å². The van der Waals surface area contributed by atoms with Crippen LogP contribution in [0.25, 0.3) is 27.6 Å². The molecule has 1 fully saturated rings. The van der Waals surface area contributed by atoms with Gasteiger partial charge in [-0.3, -0.25) is 9.20 Å². The lowest BCUT2D eigenvalue weighted by Crippen LogP contribution is -2.34. The molecule has 1 aliphatic carbocycles. The molecule has 204 valence electrons. The topological polar surface area (TPSA) is 93.4 Å². The number of nitrogens with one attached hydrogen (secondary N) is 2. The predicted molar refractivity (Wildman–Crippen MR) is 162 cm³/mol. The van der Waals surface area contributed by atoms with E-state index in [9.17, 15) is 4.79 Å². The molecule has 1 amide bonds. The first-order chi connectivity index (χ1) is 19.6. The normalized spacial score (nSPS) is 17.1. The highest BCUT2D eigenvalue weighted by Gasteiger charge is 2.28. The largest absolute Gasteiger partial charge is 0.497 e. The average Bonchev–Trinajstić information content (AvgIpc) is 3.60. The summed E-state index contributed by atoms with van der Waals surface area (Å²) in [6, 6.07) is 17.9. The van der Waals surface area contributed by atoms with Crippen LogP contribution in [0.3, 0.4) is 0 Å². The minimum atomic E-state index is -0.0606. The molecule has 1 saturated carbocycles. The number of hydrogen-bond acceptors (Lipinski definition) is 8. The second-order valence-corrected chi connectivity index (χ2v) is 11.5. The number of thiazole rings is 1. The zero-order valence-electron chi connectivity index (χ0n) is 22.3. The lowest BCUT2D eigenvalue weighted by atomic mass is 9.85. The summed E-state index contributed by atoms with van der Waals surface area (Å²) in [4.78, 5) is 29.5. The number of ether oxygens (including phenoxy) is 1. The maximum Gasteiger partial charge on any atom is 0.227 e. The molecule has 8 nitrogen and oxygen atoms in total. The number of hydrogen-bond donors (Lipinski definition) is 2. The van der Waals surface area contributed by atoms with Crippen LogP contribution in [0.4, 0.5) is 11.6 Å². The van der Waals surface area contributed by atoms with Gasteiger partial charge in [-0.05, 0) is 68.0 Å². The van der Waals surface area contributed by atoms with Crippen molar-refractivity contribution in [3.05, 3.63) is 72.4 Å². The second kappa shape index (κ2) is 11.7. The van der Waals surface area contributed by atoms with E-state index in [4.69, 9.17) is 14.7 Å².